The third-order valence-electron chi connectivity index (χ3n) is 5.83. The molecular weight excluding hydrogens is 391 g/mol. The van der Waals surface area contributed by atoms with E-state index in [0.29, 0.717) is 28.4 Å². The second-order valence-corrected chi connectivity index (χ2v) is 8.40. The number of rotatable bonds is 6. The third kappa shape index (κ3) is 5.37. The first kappa shape index (κ1) is 20.4. The predicted molar refractivity (Wildman–Crippen MR) is 115 cm³/mol. The fourth-order valence-electron chi connectivity index (χ4n) is 4.08. The van der Waals surface area contributed by atoms with Gasteiger partial charge in [0.15, 0.2) is 0 Å². The minimum atomic E-state index is -0.390. The number of pyridine rings is 2. The lowest BCUT2D eigenvalue weighted by Gasteiger charge is -2.23. The van der Waals surface area contributed by atoms with Gasteiger partial charge in [0, 0.05) is 37.6 Å². The van der Waals surface area contributed by atoms with Crippen LogP contribution < -0.4 is 10.6 Å². The second-order valence-electron chi connectivity index (χ2n) is 7.99. The Balaban J connectivity index is 1.50. The minimum absolute atomic E-state index is 0.251. The number of nitrogens with one attached hydrogen (secondary N) is 2. The maximum atomic E-state index is 14.6. The van der Waals surface area contributed by atoms with E-state index in [1.807, 2.05) is 6.07 Å². The summed E-state index contributed by atoms with van der Waals surface area (Å²) < 4.78 is 20.0. The molecule has 0 bridgehead atoms. The highest BCUT2D eigenvalue weighted by Crippen LogP contribution is 2.32. The first-order chi connectivity index (χ1) is 14.2. The zero-order valence-corrected chi connectivity index (χ0v) is 17.3. The lowest BCUT2D eigenvalue weighted by molar-refractivity contribution is 0.0699. The number of ether oxygens (including phenoxy) is 1. The number of anilines is 2. The van der Waals surface area contributed by atoms with Crippen molar-refractivity contribution in [3.05, 3.63) is 35.2 Å². The van der Waals surface area contributed by atoms with E-state index >= 15 is 0 Å². The molecule has 2 fully saturated rings. The van der Waals surface area contributed by atoms with Gasteiger partial charge in [-0.2, -0.15) is 0 Å². The molecule has 0 unspecified atom stereocenters. The quantitative estimate of drug-likeness (QED) is 0.646. The molecule has 1 saturated carbocycles. The Hall–Kier alpha value is -1.92. The van der Waals surface area contributed by atoms with Gasteiger partial charge in [0.25, 0.3) is 0 Å². The van der Waals surface area contributed by atoms with Crippen LogP contribution in [0.25, 0.3) is 11.3 Å². The Bertz CT molecular complexity index is 822. The van der Waals surface area contributed by atoms with Crippen LogP contribution in [-0.2, 0) is 4.74 Å². The van der Waals surface area contributed by atoms with Crippen molar-refractivity contribution in [2.75, 3.05) is 30.4 Å². The van der Waals surface area contributed by atoms with Crippen molar-refractivity contribution in [3.63, 3.8) is 0 Å². The summed E-state index contributed by atoms with van der Waals surface area (Å²) in [5, 5.41) is 7.21. The molecule has 5 nitrogen and oxygen atoms in total. The van der Waals surface area contributed by atoms with Crippen LogP contribution in [0.2, 0.25) is 5.02 Å². The minimum Gasteiger partial charge on any atom is -0.381 e. The molecule has 0 radical (unpaired) electrons. The molecule has 29 heavy (non-hydrogen) atoms. The highest BCUT2D eigenvalue weighted by molar-refractivity contribution is 6.33. The van der Waals surface area contributed by atoms with Crippen molar-refractivity contribution < 1.29 is 9.13 Å². The Morgan fingerprint density at radius 2 is 1.86 bits per heavy atom. The van der Waals surface area contributed by atoms with E-state index < -0.39 is 5.82 Å². The normalized spacial score (nSPS) is 18.6. The summed E-state index contributed by atoms with van der Waals surface area (Å²) in [4.78, 5) is 8.91. The van der Waals surface area contributed by atoms with Gasteiger partial charge in [-0.05, 0) is 49.8 Å². The number of hydrogen-bond donors (Lipinski definition) is 2. The zero-order valence-electron chi connectivity index (χ0n) is 16.6. The monoisotopic (exact) mass is 418 g/mol. The maximum absolute atomic E-state index is 14.6. The smallest absolute Gasteiger partial charge is 0.149 e. The van der Waals surface area contributed by atoms with Gasteiger partial charge in [0.05, 0.1) is 5.02 Å². The molecule has 2 N–H and O–H groups in total. The molecule has 0 atom stereocenters. The molecule has 0 aromatic carbocycles. The van der Waals surface area contributed by atoms with Gasteiger partial charge >= 0.3 is 0 Å². The molecule has 2 aromatic rings. The van der Waals surface area contributed by atoms with Crippen molar-refractivity contribution in [2.45, 2.75) is 51.0 Å². The molecule has 1 aliphatic heterocycles. The second kappa shape index (κ2) is 9.72. The van der Waals surface area contributed by atoms with Crippen molar-refractivity contribution in [2.24, 2.45) is 5.92 Å². The molecule has 0 spiro atoms. The van der Waals surface area contributed by atoms with E-state index in [-0.39, 0.29) is 5.69 Å². The molecule has 7 heteroatoms. The van der Waals surface area contributed by atoms with Gasteiger partial charge < -0.3 is 15.4 Å². The van der Waals surface area contributed by atoms with Crippen LogP contribution in [0.5, 0.6) is 0 Å². The molecular formula is C22H28ClFN4O. The predicted octanol–water partition coefficient (Wildman–Crippen LogP) is 5.52. The molecule has 3 heterocycles. The fourth-order valence-corrected chi connectivity index (χ4v) is 4.28. The Morgan fingerprint density at radius 1 is 1.07 bits per heavy atom. The van der Waals surface area contributed by atoms with Gasteiger partial charge in [-0.1, -0.05) is 30.9 Å². The Kier molecular flexibility index (Phi) is 6.82. The van der Waals surface area contributed by atoms with Crippen molar-refractivity contribution in [3.8, 4) is 11.3 Å². The van der Waals surface area contributed by atoms with Gasteiger partial charge in [0.2, 0.25) is 0 Å². The van der Waals surface area contributed by atoms with Crippen LogP contribution in [0.4, 0.5) is 16.0 Å². The molecule has 156 valence electrons. The molecule has 2 aliphatic rings. The van der Waals surface area contributed by atoms with E-state index in [1.165, 1.54) is 25.3 Å². The fraction of sp³-hybridized carbons (Fsp3) is 0.545. The van der Waals surface area contributed by atoms with E-state index in [2.05, 4.69) is 20.6 Å². The van der Waals surface area contributed by atoms with Crippen LogP contribution in [0, 0.1) is 11.7 Å². The summed E-state index contributed by atoms with van der Waals surface area (Å²) in [7, 11) is 0. The van der Waals surface area contributed by atoms with Crippen LogP contribution in [-0.4, -0.2) is 35.8 Å². The average Bonchev–Trinajstić information content (AvgIpc) is 2.76. The number of nitrogens with zero attached hydrogens (tertiary/aromatic N) is 2. The lowest BCUT2D eigenvalue weighted by atomic mass is 9.95. The van der Waals surface area contributed by atoms with E-state index in [1.54, 1.807) is 12.3 Å². The number of halogens is 2. The first-order valence-electron chi connectivity index (χ1n) is 10.6. The van der Waals surface area contributed by atoms with E-state index in [0.717, 1.165) is 51.3 Å². The molecule has 1 saturated heterocycles. The third-order valence-corrected chi connectivity index (χ3v) is 6.13. The Labute approximate surface area is 176 Å². The summed E-state index contributed by atoms with van der Waals surface area (Å²) >= 11 is 6.37. The van der Waals surface area contributed by atoms with Gasteiger partial charge in [0.1, 0.15) is 23.1 Å². The maximum Gasteiger partial charge on any atom is 0.149 e. The van der Waals surface area contributed by atoms with Crippen molar-refractivity contribution in [1.82, 2.24) is 9.97 Å². The highest BCUT2D eigenvalue weighted by atomic mass is 35.5. The summed E-state index contributed by atoms with van der Waals surface area (Å²) in [5.74, 6) is 1.54. The average molecular weight is 419 g/mol. The van der Waals surface area contributed by atoms with Crippen LogP contribution in [0.1, 0.15) is 44.9 Å². The zero-order chi connectivity index (χ0) is 20.1. The standard InChI is InChI=1S/C22H28ClFN4O/c23-18-14-26-21(27-16-4-2-1-3-5-16)12-17(18)22-19(24)6-7-20(28-22)25-13-15-8-10-29-11-9-15/h6-7,12,14-16H,1-5,8-11,13H2,(H,25,28)(H,26,27). The summed E-state index contributed by atoms with van der Waals surface area (Å²) in [6.07, 6.45) is 9.67. The van der Waals surface area contributed by atoms with Crippen LogP contribution in [0.15, 0.2) is 24.4 Å². The van der Waals surface area contributed by atoms with Crippen LogP contribution in [0.3, 0.4) is 0 Å². The largest absolute Gasteiger partial charge is 0.381 e. The SMILES string of the molecule is Fc1ccc(NCC2CCOCC2)nc1-c1cc(NC2CCCCC2)ncc1Cl. The topological polar surface area (TPSA) is 59.1 Å². The van der Waals surface area contributed by atoms with Gasteiger partial charge in [-0.15, -0.1) is 0 Å². The molecule has 1 aliphatic carbocycles. The summed E-state index contributed by atoms with van der Waals surface area (Å²) in [6, 6.07) is 5.34. The molecule has 0 amide bonds. The first-order valence-corrected chi connectivity index (χ1v) is 11.0. The summed E-state index contributed by atoms with van der Waals surface area (Å²) in [5.41, 5.74) is 0.813. The van der Waals surface area contributed by atoms with Gasteiger partial charge in [-0.3, -0.25) is 0 Å². The highest BCUT2D eigenvalue weighted by Gasteiger charge is 2.18. The summed E-state index contributed by atoms with van der Waals surface area (Å²) in [6.45, 7) is 2.41. The molecule has 4 rings (SSSR count). The molecule has 2 aromatic heterocycles. The van der Waals surface area contributed by atoms with E-state index in [9.17, 15) is 4.39 Å². The van der Waals surface area contributed by atoms with Crippen LogP contribution >= 0.6 is 11.6 Å². The van der Waals surface area contributed by atoms with Gasteiger partial charge in [-0.25, -0.2) is 14.4 Å². The van der Waals surface area contributed by atoms with Crippen molar-refractivity contribution in [1.29, 1.82) is 0 Å². The van der Waals surface area contributed by atoms with Crippen molar-refractivity contribution >= 4 is 23.2 Å². The Morgan fingerprint density at radius 3 is 2.66 bits per heavy atom. The number of hydrogen-bond acceptors (Lipinski definition) is 5. The lowest BCUT2D eigenvalue weighted by Crippen LogP contribution is -2.23. The number of aromatic nitrogens is 2. The van der Waals surface area contributed by atoms with E-state index in [4.69, 9.17) is 16.3 Å².